The van der Waals surface area contributed by atoms with Crippen molar-refractivity contribution < 1.29 is 80.2 Å². The Morgan fingerprint density at radius 2 is 0.523 bits per heavy atom. The highest BCUT2D eigenvalue weighted by Gasteiger charge is 2.30. The largest absolute Gasteiger partial charge is 0.472 e. The zero-order valence-corrected chi connectivity index (χ0v) is 58.8. The predicted molar refractivity (Wildman–Crippen MR) is 354 cm³/mol. The summed E-state index contributed by atoms with van der Waals surface area (Å²) in [5, 5.41) is 10.6. The molecule has 522 valence electrons. The number of carbonyl (C=O) groups is 4. The van der Waals surface area contributed by atoms with Gasteiger partial charge in [0, 0.05) is 25.7 Å². The molecule has 0 fully saturated rings. The van der Waals surface area contributed by atoms with Crippen LogP contribution in [-0.4, -0.2) is 96.7 Å². The number of ether oxygens (including phenoxy) is 4. The summed E-state index contributed by atoms with van der Waals surface area (Å²) in [6.45, 7) is 9.50. The summed E-state index contributed by atoms with van der Waals surface area (Å²) < 4.78 is 68.2. The summed E-state index contributed by atoms with van der Waals surface area (Å²) in [4.78, 5) is 72.5. The molecule has 0 radical (unpaired) electrons. The molecule has 0 aliphatic carbocycles. The van der Waals surface area contributed by atoms with E-state index in [0.29, 0.717) is 25.7 Å². The topological polar surface area (TPSA) is 237 Å². The molecule has 0 aromatic carbocycles. The molecule has 3 N–H and O–H groups in total. The van der Waals surface area contributed by atoms with E-state index in [4.69, 9.17) is 37.0 Å². The van der Waals surface area contributed by atoms with Gasteiger partial charge in [-0.1, -0.05) is 298 Å². The molecule has 0 amide bonds. The molecule has 5 atom stereocenters. The van der Waals surface area contributed by atoms with E-state index < -0.39 is 97.5 Å². The SMILES string of the molecule is CCCCCCCCCCCCCCC(=O)OC[C@H](COP(=O)(O)OC[C@H](O)COP(=O)(O)OC[C@@H](COC(=O)CCCCCCCCCCCC(C)C)OC(=O)CCCCCCCCCCCC(C)C)OC(=O)CCCCCCCCCCCCCC. The number of aliphatic hydroxyl groups is 1. The molecule has 0 aliphatic rings. The number of carbonyl (C=O) groups excluding carboxylic acids is 4. The van der Waals surface area contributed by atoms with Crippen molar-refractivity contribution in [1.82, 2.24) is 0 Å². The minimum Gasteiger partial charge on any atom is -0.462 e. The standard InChI is InChI=1S/C69H134O17P2/c1-7-9-11-13-15-17-19-21-27-33-39-45-51-66(71)79-57-64(85-68(73)53-47-41-35-28-22-20-18-16-14-12-10-8-2)59-83-87(75,76)81-55-63(70)56-82-88(77,78)84-60-65(86-69(74)54-48-42-36-30-24-26-32-38-44-50-62(5)6)58-80-67(72)52-46-40-34-29-23-25-31-37-43-49-61(3)4/h61-65,70H,7-60H2,1-6H3,(H,75,76)(H,77,78)/t63-,64+,65+/m0/s1. The van der Waals surface area contributed by atoms with Gasteiger partial charge in [-0.3, -0.25) is 37.3 Å². The van der Waals surface area contributed by atoms with Gasteiger partial charge >= 0.3 is 39.5 Å². The first kappa shape index (κ1) is 86.1. The summed E-state index contributed by atoms with van der Waals surface area (Å²) in [6.07, 6.45) is 45.7. The van der Waals surface area contributed by atoms with Crippen LogP contribution in [0.2, 0.25) is 0 Å². The first-order valence-electron chi connectivity index (χ1n) is 36.0. The van der Waals surface area contributed by atoms with Crippen LogP contribution in [0.4, 0.5) is 0 Å². The summed E-state index contributed by atoms with van der Waals surface area (Å²) in [5.74, 6) is -0.644. The number of esters is 4. The van der Waals surface area contributed by atoms with Crippen molar-refractivity contribution in [2.75, 3.05) is 39.6 Å². The van der Waals surface area contributed by atoms with Crippen molar-refractivity contribution in [2.24, 2.45) is 11.8 Å². The zero-order chi connectivity index (χ0) is 65.0. The maximum atomic E-state index is 13.0. The highest BCUT2D eigenvalue weighted by Crippen LogP contribution is 2.45. The van der Waals surface area contributed by atoms with Gasteiger partial charge in [0.1, 0.15) is 19.3 Å². The van der Waals surface area contributed by atoms with Crippen molar-refractivity contribution >= 4 is 39.5 Å². The normalized spacial score (nSPS) is 14.2. The van der Waals surface area contributed by atoms with Crippen LogP contribution < -0.4 is 0 Å². The van der Waals surface area contributed by atoms with Crippen LogP contribution in [0.25, 0.3) is 0 Å². The third-order valence-corrected chi connectivity index (χ3v) is 17.9. The minimum atomic E-state index is -4.95. The van der Waals surface area contributed by atoms with Crippen LogP contribution in [0.3, 0.4) is 0 Å². The molecule has 2 unspecified atom stereocenters. The van der Waals surface area contributed by atoms with E-state index in [1.54, 1.807) is 0 Å². The number of rotatable bonds is 68. The van der Waals surface area contributed by atoms with Crippen LogP contribution in [0.15, 0.2) is 0 Å². The maximum absolute atomic E-state index is 13.0. The van der Waals surface area contributed by atoms with Crippen molar-refractivity contribution in [3.05, 3.63) is 0 Å². The minimum absolute atomic E-state index is 0.105. The van der Waals surface area contributed by atoms with Crippen LogP contribution >= 0.6 is 15.6 Å². The Kier molecular flexibility index (Phi) is 59.9. The fourth-order valence-corrected chi connectivity index (χ4v) is 12.0. The first-order valence-corrected chi connectivity index (χ1v) is 39.0. The van der Waals surface area contributed by atoms with E-state index in [2.05, 4.69) is 41.5 Å². The lowest BCUT2D eigenvalue weighted by molar-refractivity contribution is -0.161. The third-order valence-electron chi connectivity index (χ3n) is 16.0. The average molecular weight is 1300 g/mol. The molecule has 0 spiro atoms. The Hall–Kier alpha value is -1.94. The van der Waals surface area contributed by atoms with Gasteiger partial charge in [-0.25, -0.2) is 9.13 Å². The monoisotopic (exact) mass is 1300 g/mol. The van der Waals surface area contributed by atoms with Gasteiger partial charge in [0.15, 0.2) is 12.2 Å². The second kappa shape index (κ2) is 61.3. The first-order chi connectivity index (χ1) is 42.4. The van der Waals surface area contributed by atoms with E-state index in [-0.39, 0.29) is 25.7 Å². The van der Waals surface area contributed by atoms with Crippen molar-refractivity contribution in [1.29, 1.82) is 0 Å². The van der Waals surface area contributed by atoms with Gasteiger partial charge in [-0.05, 0) is 37.5 Å². The molecule has 0 heterocycles. The summed E-state index contributed by atoms with van der Waals surface area (Å²) in [5.41, 5.74) is 0. The van der Waals surface area contributed by atoms with E-state index in [0.717, 1.165) is 102 Å². The van der Waals surface area contributed by atoms with Gasteiger partial charge in [0.05, 0.1) is 26.4 Å². The number of phosphoric ester groups is 2. The summed E-state index contributed by atoms with van der Waals surface area (Å²) in [6, 6.07) is 0. The van der Waals surface area contributed by atoms with Gasteiger partial charge in [0.25, 0.3) is 0 Å². The molecule has 0 aromatic heterocycles. The summed E-state index contributed by atoms with van der Waals surface area (Å²) in [7, 11) is -9.90. The number of hydrogen-bond donors (Lipinski definition) is 3. The molecule has 17 nitrogen and oxygen atoms in total. The van der Waals surface area contributed by atoms with E-state index in [1.807, 2.05) is 0 Å². The molecular weight excluding hydrogens is 1160 g/mol. The maximum Gasteiger partial charge on any atom is 0.472 e. The fourth-order valence-electron chi connectivity index (χ4n) is 10.4. The Labute approximate surface area is 537 Å². The second-order valence-electron chi connectivity index (χ2n) is 25.9. The molecule has 88 heavy (non-hydrogen) atoms. The lowest BCUT2D eigenvalue weighted by Gasteiger charge is -2.21. The van der Waals surface area contributed by atoms with Crippen molar-refractivity contribution in [3.8, 4) is 0 Å². The molecular formula is C69H134O17P2. The van der Waals surface area contributed by atoms with Crippen molar-refractivity contribution in [3.63, 3.8) is 0 Å². The van der Waals surface area contributed by atoms with Crippen LogP contribution in [0.1, 0.15) is 350 Å². The van der Waals surface area contributed by atoms with Crippen LogP contribution in [0.5, 0.6) is 0 Å². The molecule has 0 aromatic rings. The van der Waals surface area contributed by atoms with Gasteiger partial charge < -0.3 is 33.8 Å². The number of unbranched alkanes of at least 4 members (excludes halogenated alkanes) is 38. The van der Waals surface area contributed by atoms with Gasteiger partial charge in [0.2, 0.25) is 0 Å². The van der Waals surface area contributed by atoms with Gasteiger partial charge in [-0.2, -0.15) is 0 Å². The number of phosphoric acid groups is 2. The summed E-state index contributed by atoms with van der Waals surface area (Å²) >= 11 is 0. The van der Waals surface area contributed by atoms with E-state index in [1.165, 1.54) is 167 Å². The molecule has 0 saturated heterocycles. The highest BCUT2D eigenvalue weighted by atomic mass is 31.2. The molecule has 0 aliphatic heterocycles. The third kappa shape index (κ3) is 62.8. The highest BCUT2D eigenvalue weighted by molar-refractivity contribution is 7.47. The smallest absolute Gasteiger partial charge is 0.462 e. The average Bonchev–Trinajstić information content (AvgIpc) is 3.57. The second-order valence-corrected chi connectivity index (χ2v) is 28.8. The molecule has 0 bridgehead atoms. The predicted octanol–water partition coefficient (Wildman–Crippen LogP) is 19.6. The Balaban J connectivity index is 5.26. The Morgan fingerprint density at radius 1 is 0.307 bits per heavy atom. The quantitative estimate of drug-likeness (QED) is 0.0222. The molecule has 0 saturated carbocycles. The van der Waals surface area contributed by atoms with Gasteiger partial charge in [-0.15, -0.1) is 0 Å². The van der Waals surface area contributed by atoms with E-state index in [9.17, 15) is 43.2 Å². The Morgan fingerprint density at radius 3 is 0.773 bits per heavy atom. The number of hydrogen-bond acceptors (Lipinski definition) is 15. The lowest BCUT2D eigenvalue weighted by Crippen LogP contribution is -2.30. The lowest BCUT2D eigenvalue weighted by atomic mass is 10.0. The molecule has 19 heteroatoms. The number of aliphatic hydroxyl groups excluding tert-OH is 1. The van der Waals surface area contributed by atoms with Crippen molar-refractivity contribution in [2.45, 2.75) is 368 Å². The zero-order valence-electron chi connectivity index (χ0n) is 57.0. The van der Waals surface area contributed by atoms with Crippen LogP contribution in [0, 0.1) is 11.8 Å². The van der Waals surface area contributed by atoms with Crippen LogP contribution in [-0.2, 0) is 65.4 Å². The van der Waals surface area contributed by atoms with E-state index >= 15 is 0 Å². The fraction of sp³-hybridized carbons (Fsp3) is 0.942. The molecule has 0 rings (SSSR count). The Bertz CT molecular complexity index is 1720.